The van der Waals surface area contributed by atoms with Gasteiger partial charge in [-0.3, -0.25) is 0 Å². The molecule has 0 aromatic heterocycles. The molecule has 0 spiro atoms. The first kappa shape index (κ1) is 46.3. The van der Waals surface area contributed by atoms with E-state index in [1.165, 1.54) is 76.7 Å². The largest absolute Gasteiger partial charge is 0.494 e. The van der Waals surface area contributed by atoms with E-state index in [0.717, 1.165) is 35.5 Å². The Labute approximate surface area is 339 Å². The number of benzene rings is 3. The number of carbonyl (C=O) groups excluding carboxylic acids is 1. The zero-order valence-electron chi connectivity index (χ0n) is 36.2. The summed E-state index contributed by atoms with van der Waals surface area (Å²) >= 11 is 0. The number of hydrogen-bond donors (Lipinski definition) is 0. The summed E-state index contributed by atoms with van der Waals surface area (Å²) in [7, 11) is -3.05. The van der Waals surface area contributed by atoms with Crippen molar-refractivity contribution in [3.63, 3.8) is 0 Å². The molecule has 0 saturated carbocycles. The first-order valence-electron chi connectivity index (χ1n) is 21.5. The summed E-state index contributed by atoms with van der Waals surface area (Å²) in [4.78, 5) is 12.8. The van der Waals surface area contributed by atoms with Crippen LogP contribution >= 0.6 is 0 Å². The Hall–Kier alpha value is -3.06. The van der Waals surface area contributed by atoms with Crippen LogP contribution in [0.5, 0.6) is 17.2 Å². The van der Waals surface area contributed by atoms with E-state index in [2.05, 4.69) is 71.5 Å². The van der Waals surface area contributed by atoms with Crippen molar-refractivity contribution in [1.82, 2.24) is 0 Å². The summed E-state index contributed by atoms with van der Waals surface area (Å²) in [5, 5.41) is 0. The Balaban J connectivity index is 1.26. The number of carbonyl (C=O) groups is 1. The lowest BCUT2D eigenvalue weighted by Gasteiger charge is -2.36. The quantitative estimate of drug-likeness (QED) is 0.0282. The van der Waals surface area contributed by atoms with Crippen LogP contribution in [0.1, 0.15) is 119 Å². The molecule has 3 rings (SSSR count). The van der Waals surface area contributed by atoms with E-state index in [1.807, 2.05) is 48.5 Å². The molecular weight excluding hydrogens is 725 g/mol. The predicted octanol–water partition coefficient (Wildman–Crippen LogP) is 14.4. The molecule has 0 N–H and O–H groups in total. The molecule has 302 valence electrons. The second-order valence-corrected chi connectivity index (χ2v) is 35.8. The zero-order chi connectivity index (χ0) is 40.2. The topological polar surface area (TPSA) is 44.8 Å². The number of rotatable bonds is 25. The maximum absolute atomic E-state index is 12.8. The van der Waals surface area contributed by atoms with Gasteiger partial charge in [0.15, 0.2) is 0 Å². The molecule has 0 amide bonds. The number of ether oxygens (including phenoxy) is 3. The Morgan fingerprint density at radius 2 is 1.09 bits per heavy atom. The lowest BCUT2D eigenvalue weighted by molar-refractivity contribution is 0.0734. The van der Waals surface area contributed by atoms with Gasteiger partial charge < -0.3 is 14.2 Å². The molecule has 0 bridgehead atoms. The fourth-order valence-electron chi connectivity index (χ4n) is 8.21. The monoisotopic (exact) mass is 798 g/mol. The van der Waals surface area contributed by atoms with Crippen molar-refractivity contribution in [2.75, 3.05) is 6.61 Å². The average molecular weight is 799 g/mol. The van der Waals surface area contributed by atoms with Gasteiger partial charge in [-0.15, -0.1) is 0 Å². The van der Waals surface area contributed by atoms with Gasteiger partial charge in [-0.25, -0.2) is 4.79 Å². The lowest BCUT2D eigenvalue weighted by Crippen LogP contribution is -2.44. The van der Waals surface area contributed by atoms with Gasteiger partial charge in [0, 0.05) is 35.3 Å². The van der Waals surface area contributed by atoms with Crippen LogP contribution in [0.25, 0.3) is 0 Å². The molecule has 0 fully saturated rings. The van der Waals surface area contributed by atoms with Crippen LogP contribution < -0.4 is 14.2 Å². The summed E-state index contributed by atoms with van der Waals surface area (Å²) in [6, 6.07) is 24.0. The van der Waals surface area contributed by atoms with Gasteiger partial charge in [0.1, 0.15) is 17.2 Å². The van der Waals surface area contributed by atoms with Gasteiger partial charge in [0.25, 0.3) is 0 Å². The van der Waals surface area contributed by atoms with E-state index in [-0.39, 0.29) is 6.10 Å². The van der Waals surface area contributed by atoms with Crippen molar-refractivity contribution < 1.29 is 19.0 Å². The summed E-state index contributed by atoms with van der Waals surface area (Å²) < 4.78 is 17.6. The van der Waals surface area contributed by atoms with Crippen molar-refractivity contribution in [2.24, 2.45) is 0 Å². The summed E-state index contributed by atoms with van der Waals surface area (Å²) in [6.07, 6.45) is 16.8. The number of esters is 1. The first-order valence-corrected chi connectivity index (χ1v) is 32.0. The van der Waals surface area contributed by atoms with E-state index >= 15 is 0 Å². The molecule has 0 unspecified atom stereocenters. The predicted molar refractivity (Wildman–Crippen MR) is 244 cm³/mol. The van der Waals surface area contributed by atoms with Crippen LogP contribution in [0, 0.1) is 11.8 Å². The number of unbranched alkanes of at least 4 members (excludes halogenated alkanes) is 10. The van der Waals surface area contributed by atoms with Gasteiger partial charge >= 0.3 is 5.97 Å². The summed E-state index contributed by atoms with van der Waals surface area (Å²) in [5.74, 6) is 8.16. The van der Waals surface area contributed by atoms with E-state index in [0.29, 0.717) is 17.9 Å². The lowest BCUT2D eigenvalue weighted by atomic mass is 10.1. The van der Waals surface area contributed by atoms with Crippen molar-refractivity contribution in [3.05, 3.63) is 89.5 Å². The molecule has 0 heterocycles. The SMILES string of the molecule is CCCCCC[C@H](C)Oc1ccc(C#Cc2ccc(C(=O)Oc3ccc(OCCCCCCCCCC[Si](C)(C)C[Si](C)(C)C[Si](C)(C)C)cc3)cc2)cc1. The second kappa shape index (κ2) is 23.9. The molecular formula is C48H74O4Si3. The van der Waals surface area contributed by atoms with Crippen molar-refractivity contribution in [3.8, 4) is 29.1 Å². The fraction of sp³-hybridized carbons (Fsp3) is 0.562. The minimum Gasteiger partial charge on any atom is -0.494 e. The van der Waals surface area contributed by atoms with Gasteiger partial charge in [0.05, 0.1) is 18.3 Å². The summed E-state index contributed by atoms with van der Waals surface area (Å²) in [5.41, 5.74) is 5.43. The molecule has 0 aliphatic carbocycles. The normalized spacial score (nSPS) is 12.5. The van der Waals surface area contributed by atoms with E-state index in [9.17, 15) is 4.79 Å². The standard InChI is InChI=1S/C48H74O4Si3/c1-10-11-12-19-22-41(2)51-46-31-27-43(28-32-46)24-23-42-25-29-44(30-26-42)48(49)52-47-35-33-45(34-36-47)50-37-20-17-15-13-14-16-18-21-38-54(6,7)40-55(8,9)39-53(3,4)5/h25-36,41H,10-22,37-40H2,1-9H3/t41-/m0/s1. The summed E-state index contributed by atoms with van der Waals surface area (Å²) in [6.45, 7) is 23.4. The van der Waals surface area contributed by atoms with E-state index in [4.69, 9.17) is 14.2 Å². The minimum atomic E-state index is -1.06. The van der Waals surface area contributed by atoms with Crippen molar-refractivity contribution in [2.45, 2.75) is 167 Å². The van der Waals surface area contributed by atoms with E-state index in [1.54, 1.807) is 35.6 Å². The van der Waals surface area contributed by atoms with Gasteiger partial charge in [-0.1, -0.05) is 146 Å². The van der Waals surface area contributed by atoms with Gasteiger partial charge in [-0.05, 0) is 99.0 Å². The molecule has 1 atom stereocenters. The maximum atomic E-state index is 12.8. The Kier molecular flexibility index (Phi) is 20.1. The molecule has 7 heteroatoms. The molecule has 0 saturated heterocycles. The van der Waals surface area contributed by atoms with Crippen LogP contribution in [0.15, 0.2) is 72.8 Å². The third-order valence-electron chi connectivity index (χ3n) is 10.1. The van der Waals surface area contributed by atoms with Crippen LogP contribution in [0.3, 0.4) is 0 Å². The number of hydrogen-bond acceptors (Lipinski definition) is 4. The van der Waals surface area contributed by atoms with Crippen LogP contribution in [0.2, 0.25) is 63.2 Å². The third kappa shape index (κ3) is 20.6. The second-order valence-electron chi connectivity index (χ2n) is 18.7. The highest BCUT2D eigenvalue weighted by atomic mass is 28.4. The first-order chi connectivity index (χ1) is 26.1. The van der Waals surface area contributed by atoms with Gasteiger partial charge in [0.2, 0.25) is 0 Å². The molecule has 0 aliphatic heterocycles. The van der Waals surface area contributed by atoms with Crippen LogP contribution in [-0.2, 0) is 0 Å². The fourth-order valence-corrected chi connectivity index (χ4v) is 33.6. The molecule has 0 radical (unpaired) electrons. The van der Waals surface area contributed by atoms with Gasteiger partial charge in [-0.2, -0.15) is 0 Å². The molecule has 3 aromatic carbocycles. The molecule has 55 heavy (non-hydrogen) atoms. The Morgan fingerprint density at radius 1 is 0.582 bits per heavy atom. The van der Waals surface area contributed by atoms with E-state index < -0.39 is 30.2 Å². The third-order valence-corrected chi connectivity index (χ3v) is 27.6. The maximum Gasteiger partial charge on any atom is 0.343 e. The molecule has 0 aliphatic rings. The molecule has 3 aromatic rings. The smallest absolute Gasteiger partial charge is 0.343 e. The highest BCUT2D eigenvalue weighted by molar-refractivity contribution is 7.02. The van der Waals surface area contributed by atoms with Crippen molar-refractivity contribution >= 4 is 30.2 Å². The molecule has 4 nitrogen and oxygen atoms in total. The minimum absolute atomic E-state index is 0.208. The Morgan fingerprint density at radius 3 is 1.67 bits per heavy atom. The van der Waals surface area contributed by atoms with Crippen LogP contribution in [0.4, 0.5) is 0 Å². The zero-order valence-corrected chi connectivity index (χ0v) is 39.2. The average Bonchev–Trinajstić information content (AvgIpc) is 3.11. The highest BCUT2D eigenvalue weighted by Gasteiger charge is 2.35. The van der Waals surface area contributed by atoms with Crippen LogP contribution in [-0.4, -0.2) is 42.9 Å². The van der Waals surface area contributed by atoms with Crippen molar-refractivity contribution in [1.29, 1.82) is 0 Å². The Bertz CT molecular complexity index is 1580. The highest BCUT2D eigenvalue weighted by Crippen LogP contribution is 2.31.